The van der Waals surface area contributed by atoms with Crippen LogP contribution >= 0.6 is 0 Å². The molecule has 0 aliphatic heterocycles. The fourth-order valence-electron chi connectivity index (χ4n) is 2.65. The molecule has 3 nitrogen and oxygen atoms in total. The topological polar surface area (TPSA) is 55.1 Å². The van der Waals surface area contributed by atoms with Crippen LogP contribution in [0.4, 0.5) is 0 Å². The second kappa shape index (κ2) is 6.66. The van der Waals surface area contributed by atoms with Crippen LogP contribution in [0.1, 0.15) is 51.9 Å². The van der Waals surface area contributed by atoms with E-state index in [9.17, 15) is 4.79 Å². The van der Waals surface area contributed by atoms with E-state index in [4.69, 9.17) is 12.2 Å². The van der Waals surface area contributed by atoms with Gasteiger partial charge >= 0.3 is 0 Å². The van der Waals surface area contributed by atoms with Crippen LogP contribution in [-0.4, -0.2) is 18.5 Å². The molecule has 1 saturated carbocycles. The van der Waals surface area contributed by atoms with E-state index < -0.39 is 0 Å². The number of terminal acetylenes is 1. The van der Waals surface area contributed by atoms with Gasteiger partial charge in [-0.25, -0.2) is 0 Å². The summed E-state index contributed by atoms with van der Waals surface area (Å²) in [4.78, 5) is 11.9. The molecule has 0 bridgehead atoms. The summed E-state index contributed by atoms with van der Waals surface area (Å²) in [5, 5.41) is 2.95. The van der Waals surface area contributed by atoms with Crippen LogP contribution in [0.2, 0.25) is 0 Å². The average Bonchev–Trinajstić information content (AvgIpc) is 2.30. The van der Waals surface area contributed by atoms with Gasteiger partial charge in [0.05, 0.1) is 0 Å². The summed E-state index contributed by atoms with van der Waals surface area (Å²) >= 11 is 0. The van der Waals surface area contributed by atoms with Crippen LogP contribution in [0, 0.1) is 17.8 Å². The zero-order chi connectivity index (χ0) is 12.7. The molecule has 3 N–H and O–H groups in total. The van der Waals surface area contributed by atoms with Crippen LogP contribution in [0.15, 0.2) is 0 Å². The van der Waals surface area contributed by atoms with Crippen LogP contribution in [0.25, 0.3) is 0 Å². The number of nitrogens with two attached hydrogens (primary N) is 1. The first-order valence-corrected chi connectivity index (χ1v) is 6.55. The minimum absolute atomic E-state index is 0.0399. The third-order valence-corrected chi connectivity index (χ3v) is 3.71. The van der Waals surface area contributed by atoms with Crippen molar-refractivity contribution in [2.45, 2.75) is 57.9 Å². The van der Waals surface area contributed by atoms with E-state index in [1.165, 1.54) is 19.3 Å². The van der Waals surface area contributed by atoms with Gasteiger partial charge in [0, 0.05) is 18.9 Å². The summed E-state index contributed by atoms with van der Waals surface area (Å²) < 4.78 is 0. The predicted molar refractivity (Wildman–Crippen MR) is 70.2 cm³/mol. The predicted octanol–water partition coefficient (Wildman–Crippen LogP) is 1.81. The molecule has 1 aliphatic carbocycles. The Morgan fingerprint density at radius 3 is 2.65 bits per heavy atom. The van der Waals surface area contributed by atoms with Gasteiger partial charge in [-0.1, -0.05) is 19.3 Å². The van der Waals surface area contributed by atoms with E-state index >= 15 is 0 Å². The van der Waals surface area contributed by atoms with Gasteiger partial charge in [-0.3, -0.25) is 4.79 Å². The smallest absolute Gasteiger partial charge is 0.220 e. The quantitative estimate of drug-likeness (QED) is 0.715. The Kier molecular flexibility index (Phi) is 5.50. The van der Waals surface area contributed by atoms with Gasteiger partial charge in [-0.2, -0.15) is 0 Å². The van der Waals surface area contributed by atoms with Crippen molar-refractivity contribution < 1.29 is 4.79 Å². The molecule has 96 valence electrons. The Labute approximate surface area is 105 Å². The molecular formula is C14H24N2O. The molecule has 0 aromatic heterocycles. The van der Waals surface area contributed by atoms with E-state index in [2.05, 4.69) is 11.2 Å². The molecule has 1 aliphatic rings. The van der Waals surface area contributed by atoms with Gasteiger partial charge in [-0.05, 0) is 31.7 Å². The van der Waals surface area contributed by atoms with Crippen molar-refractivity contribution in [3.63, 3.8) is 0 Å². The highest BCUT2D eigenvalue weighted by Gasteiger charge is 2.33. The molecule has 3 heteroatoms. The molecule has 0 spiro atoms. The first-order chi connectivity index (χ1) is 8.12. The van der Waals surface area contributed by atoms with E-state index in [-0.39, 0.29) is 17.4 Å². The molecule has 0 aromatic carbocycles. The molecule has 1 atom stereocenters. The minimum atomic E-state index is 0.0399. The Morgan fingerprint density at radius 2 is 2.12 bits per heavy atom. The van der Waals surface area contributed by atoms with Crippen LogP contribution in [0.3, 0.4) is 0 Å². The Balaban J connectivity index is 2.45. The van der Waals surface area contributed by atoms with Gasteiger partial charge < -0.3 is 11.1 Å². The number of rotatable bonds is 5. The van der Waals surface area contributed by atoms with Crippen molar-refractivity contribution in [1.82, 2.24) is 5.32 Å². The van der Waals surface area contributed by atoms with Crippen molar-refractivity contribution in [2.24, 2.45) is 11.1 Å². The molecule has 0 heterocycles. The highest BCUT2D eigenvalue weighted by molar-refractivity contribution is 5.77. The third-order valence-electron chi connectivity index (χ3n) is 3.71. The van der Waals surface area contributed by atoms with E-state index in [0.29, 0.717) is 19.4 Å². The molecule has 17 heavy (non-hydrogen) atoms. The van der Waals surface area contributed by atoms with Gasteiger partial charge in [0.15, 0.2) is 0 Å². The van der Waals surface area contributed by atoms with Crippen LogP contribution in [0.5, 0.6) is 0 Å². The van der Waals surface area contributed by atoms with Gasteiger partial charge in [0.1, 0.15) is 0 Å². The average molecular weight is 236 g/mol. The molecular weight excluding hydrogens is 212 g/mol. The molecule has 0 radical (unpaired) electrons. The zero-order valence-corrected chi connectivity index (χ0v) is 10.8. The maximum absolute atomic E-state index is 11.9. The second-order valence-corrected chi connectivity index (χ2v) is 5.32. The maximum atomic E-state index is 11.9. The molecule has 0 aromatic rings. The lowest BCUT2D eigenvalue weighted by Crippen LogP contribution is -2.41. The number of carbonyl (C=O) groups is 1. The van der Waals surface area contributed by atoms with E-state index in [1.54, 1.807) is 0 Å². The second-order valence-electron chi connectivity index (χ2n) is 5.32. The van der Waals surface area contributed by atoms with Crippen molar-refractivity contribution in [2.75, 3.05) is 6.54 Å². The highest BCUT2D eigenvalue weighted by atomic mass is 16.1. The number of hydrogen-bond donors (Lipinski definition) is 2. The Morgan fingerprint density at radius 1 is 1.47 bits per heavy atom. The Hall–Kier alpha value is -1.01. The lowest BCUT2D eigenvalue weighted by atomic mass is 9.71. The summed E-state index contributed by atoms with van der Waals surface area (Å²) in [5.74, 6) is 2.66. The largest absolute Gasteiger partial charge is 0.353 e. The van der Waals surface area contributed by atoms with E-state index in [0.717, 1.165) is 12.8 Å². The standard InChI is InChI=1S/C14H24N2O/c1-3-7-12(2)16-13(17)10-14(11-15)8-5-4-6-9-14/h1,12H,4-11,15H2,2H3,(H,16,17). The van der Waals surface area contributed by atoms with E-state index in [1.807, 2.05) is 6.92 Å². The number of amides is 1. The molecule has 0 saturated heterocycles. The summed E-state index contributed by atoms with van der Waals surface area (Å²) in [6.45, 7) is 2.55. The normalized spacial score (nSPS) is 20.3. The summed E-state index contributed by atoms with van der Waals surface area (Å²) in [6, 6.07) is 0.0610. The zero-order valence-electron chi connectivity index (χ0n) is 10.8. The van der Waals surface area contributed by atoms with Crippen LogP contribution in [-0.2, 0) is 4.79 Å². The van der Waals surface area contributed by atoms with Gasteiger partial charge in [-0.15, -0.1) is 12.3 Å². The third kappa shape index (κ3) is 4.40. The summed E-state index contributed by atoms with van der Waals surface area (Å²) in [5.41, 5.74) is 5.90. The number of carbonyl (C=O) groups excluding carboxylic acids is 1. The minimum Gasteiger partial charge on any atom is -0.353 e. The SMILES string of the molecule is C#CCC(C)NC(=O)CC1(CN)CCCCC1. The van der Waals surface area contributed by atoms with Gasteiger partial charge in [0.2, 0.25) is 5.91 Å². The fraction of sp³-hybridized carbons (Fsp3) is 0.786. The molecule has 1 rings (SSSR count). The van der Waals surface area contributed by atoms with Gasteiger partial charge in [0.25, 0.3) is 0 Å². The number of nitrogens with one attached hydrogen (secondary N) is 1. The maximum Gasteiger partial charge on any atom is 0.220 e. The van der Waals surface area contributed by atoms with Crippen molar-refractivity contribution >= 4 is 5.91 Å². The number of hydrogen-bond acceptors (Lipinski definition) is 2. The first-order valence-electron chi connectivity index (χ1n) is 6.55. The Bertz CT molecular complexity index is 287. The van der Waals surface area contributed by atoms with Crippen molar-refractivity contribution in [1.29, 1.82) is 0 Å². The monoisotopic (exact) mass is 236 g/mol. The van der Waals surface area contributed by atoms with Crippen LogP contribution < -0.4 is 11.1 Å². The summed E-state index contributed by atoms with van der Waals surface area (Å²) in [6.07, 6.45) is 12.2. The lowest BCUT2D eigenvalue weighted by molar-refractivity contribution is -0.124. The summed E-state index contributed by atoms with van der Waals surface area (Å²) in [7, 11) is 0. The highest BCUT2D eigenvalue weighted by Crippen LogP contribution is 2.38. The fourth-order valence-corrected chi connectivity index (χ4v) is 2.65. The lowest BCUT2D eigenvalue weighted by Gasteiger charge is -2.35. The molecule has 1 fully saturated rings. The van der Waals surface area contributed by atoms with Crippen molar-refractivity contribution in [3.05, 3.63) is 0 Å². The molecule has 1 unspecified atom stereocenters. The van der Waals surface area contributed by atoms with Crippen molar-refractivity contribution in [3.8, 4) is 12.3 Å². The first kappa shape index (κ1) is 14.1. The molecule has 1 amide bonds.